The summed E-state index contributed by atoms with van der Waals surface area (Å²) in [6.07, 6.45) is 0.168. The van der Waals surface area contributed by atoms with E-state index < -0.39 is 0 Å². The summed E-state index contributed by atoms with van der Waals surface area (Å²) in [5.41, 5.74) is 2.29. The van der Waals surface area contributed by atoms with Gasteiger partial charge in [0.25, 0.3) is 0 Å². The van der Waals surface area contributed by atoms with E-state index in [1.54, 1.807) is 6.92 Å². The van der Waals surface area contributed by atoms with Gasteiger partial charge in [-0.15, -0.1) is 0 Å². The van der Waals surface area contributed by atoms with Crippen LogP contribution < -0.4 is 4.74 Å². The maximum atomic E-state index is 11.4. The van der Waals surface area contributed by atoms with Gasteiger partial charge in [-0.1, -0.05) is 19.1 Å². The van der Waals surface area contributed by atoms with Gasteiger partial charge in [0, 0.05) is 6.42 Å². The van der Waals surface area contributed by atoms with Crippen molar-refractivity contribution in [1.82, 2.24) is 0 Å². The Morgan fingerprint density at radius 2 is 2.07 bits per heavy atom. The average Bonchev–Trinajstić information content (AvgIpc) is 2.23. The first kappa shape index (κ1) is 11.8. The number of aryl methyl sites for hydroxylation is 1. The third-order valence-electron chi connectivity index (χ3n) is 2.66. The van der Waals surface area contributed by atoms with E-state index in [1.807, 2.05) is 39.0 Å². The number of Topliss-reactive ketones (excluding diaryl/α,β-unsaturated/α-hetero) is 1. The molecule has 0 spiro atoms. The highest BCUT2D eigenvalue weighted by molar-refractivity contribution is 5.82. The van der Waals surface area contributed by atoms with Crippen molar-refractivity contribution in [3.63, 3.8) is 0 Å². The molecule has 0 fully saturated rings. The number of rotatable bonds is 4. The first-order valence-electron chi connectivity index (χ1n) is 5.31. The maximum Gasteiger partial charge on any atom is 0.172 e. The van der Waals surface area contributed by atoms with Crippen molar-refractivity contribution in [2.75, 3.05) is 0 Å². The third-order valence-corrected chi connectivity index (χ3v) is 2.66. The van der Waals surface area contributed by atoms with Gasteiger partial charge in [0.05, 0.1) is 0 Å². The largest absolute Gasteiger partial charge is 0.483 e. The number of hydrogen-bond donors (Lipinski definition) is 0. The Labute approximate surface area is 91.3 Å². The molecule has 1 unspecified atom stereocenters. The van der Waals surface area contributed by atoms with Gasteiger partial charge in [0.2, 0.25) is 0 Å². The summed E-state index contributed by atoms with van der Waals surface area (Å²) in [6, 6.07) is 5.89. The SMILES string of the molecule is CCC(=O)C(C)Oc1cccc(C)c1C. The summed E-state index contributed by atoms with van der Waals surface area (Å²) in [7, 11) is 0. The van der Waals surface area contributed by atoms with Crippen molar-refractivity contribution in [2.24, 2.45) is 0 Å². The Bertz CT molecular complexity index is 356. The lowest BCUT2D eigenvalue weighted by atomic mass is 10.1. The number of ether oxygens (including phenoxy) is 1. The standard InChI is InChI=1S/C13H18O2/c1-5-12(14)11(4)15-13-8-6-7-9(2)10(13)3/h6-8,11H,5H2,1-4H3. The van der Waals surface area contributed by atoms with Gasteiger partial charge in [-0.05, 0) is 38.0 Å². The molecular formula is C13H18O2. The lowest BCUT2D eigenvalue weighted by Crippen LogP contribution is -2.23. The van der Waals surface area contributed by atoms with Crippen LogP contribution in [0.1, 0.15) is 31.4 Å². The number of benzene rings is 1. The number of carbonyl (C=O) groups excluding carboxylic acids is 1. The molecule has 0 heterocycles. The summed E-state index contributed by atoms with van der Waals surface area (Å²) in [5, 5.41) is 0. The first-order valence-corrected chi connectivity index (χ1v) is 5.31. The predicted molar refractivity (Wildman–Crippen MR) is 61.3 cm³/mol. The molecule has 0 N–H and O–H groups in total. The van der Waals surface area contributed by atoms with E-state index in [2.05, 4.69) is 0 Å². The maximum absolute atomic E-state index is 11.4. The Morgan fingerprint density at radius 3 is 2.67 bits per heavy atom. The molecule has 1 rings (SSSR count). The first-order chi connectivity index (χ1) is 7.06. The van der Waals surface area contributed by atoms with Gasteiger partial charge >= 0.3 is 0 Å². The Kier molecular flexibility index (Phi) is 3.89. The Balaban J connectivity index is 2.81. The molecule has 0 radical (unpaired) electrons. The minimum atomic E-state index is -0.351. The fraction of sp³-hybridized carbons (Fsp3) is 0.462. The average molecular weight is 206 g/mol. The number of carbonyl (C=O) groups is 1. The molecule has 0 aromatic heterocycles. The molecule has 0 aliphatic heterocycles. The van der Waals surface area contributed by atoms with E-state index in [-0.39, 0.29) is 11.9 Å². The van der Waals surface area contributed by atoms with Crippen LogP contribution in [-0.2, 0) is 4.79 Å². The van der Waals surface area contributed by atoms with Crippen LogP contribution >= 0.6 is 0 Å². The monoisotopic (exact) mass is 206 g/mol. The molecule has 0 aliphatic rings. The van der Waals surface area contributed by atoms with Gasteiger partial charge in [-0.2, -0.15) is 0 Å². The van der Waals surface area contributed by atoms with Crippen LogP contribution in [0, 0.1) is 13.8 Å². The summed E-state index contributed by atoms with van der Waals surface area (Å²) in [5.74, 6) is 0.945. The van der Waals surface area contributed by atoms with E-state index in [1.165, 1.54) is 5.56 Å². The van der Waals surface area contributed by atoms with Crippen molar-refractivity contribution in [2.45, 2.75) is 40.2 Å². The molecule has 82 valence electrons. The zero-order valence-electron chi connectivity index (χ0n) is 9.83. The molecule has 0 saturated heterocycles. The predicted octanol–water partition coefficient (Wildman–Crippen LogP) is 3.05. The Morgan fingerprint density at radius 1 is 1.40 bits per heavy atom. The van der Waals surface area contributed by atoms with E-state index in [0.29, 0.717) is 6.42 Å². The molecule has 2 heteroatoms. The van der Waals surface area contributed by atoms with Gasteiger partial charge in [0.1, 0.15) is 5.75 Å². The second kappa shape index (κ2) is 4.96. The fourth-order valence-electron chi connectivity index (χ4n) is 1.40. The molecule has 1 aromatic carbocycles. The lowest BCUT2D eigenvalue weighted by molar-refractivity contribution is -0.124. The van der Waals surface area contributed by atoms with Crippen LogP contribution in [-0.4, -0.2) is 11.9 Å². The van der Waals surface area contributed by atoms with Gasteiger partial charge in [-0.3, -0.25) is 4.79 Å². The molecule has 0 amide bonds. The van der Waals surface area contributed by atoms with Crippen molar-refractivity contribution in [3.05, 3.63) is 29.3 Å². The van der Waals surface area contributed by atoms with Crippen molar-refractivity contribution in [1.29, 1.82) is 0 Å². The van der Waals surface area contributed by atoms with Crippen molar-refractivity contribution >= 4 is 5.78 Å². The minimum absolute atomic E-state index is 0.135. The van der Waals surface area contributed by atoms with Crippen LogP contribution in [0.25, 0.3) is 0 Å². The van der Waals surface area contributed by atoms with E-state index in [9.17, 15) is 4.79 Å². The molecule has 1 atom stereocenters. The normalized spacial score (nSPS) is 12.3. The summed E-state index contributed by atoms with van der Waals surface area (Å²) >= 11 is 0. The molecule has 0 saturated carbocycles. The second-order valence-corrected chi connectivity index (χ2v) is 3.78. The van der Waals surface area contributed by atoms with Crippen LogP contribution in [0.3, 0.4) is 0 Å². The molecular weight excluding hydrogens is 188 g/mol. The number of hydrogen-bond acceptors (Lipinski definition) is 2. The minimum Gasteiger partial charge on any atom is -0.483 e. The van der Waals surface area contributed by atoms with Gasteiger partial charge in [-0.25, -0.2) is 0 Å². The van der Waals surface area contributed by atoms with E-state index in [0.717, 1.165) is 11.3 Å². The highest BCUT2D eigenvalue weighted by Crippen LogP contribution is 2.21. The highest BCUT2D eigenvalue weighted by atomic mass is 16.5. The lowest BCUT2D eigenvalue weighted by Gasteiger charge is -2.15. The van der Waals surface area contributed by atoms with Gasteiger partial charge < -0.3 is 4.74 Å². The second-order valence-electron chi connectivity index (χ2n) is 3.78. The van der Waals surface area contributed by atoms with Gasteiger partial charge in [0.15, 0.2) is 11.9 Å². The molecule has 0 bridgehead atoms. The molecule has 15 heavy (non-hydrogen) atoms. The summed E-state index contributed by atoms with van der Waals surface area (Å²) in [6.45, 7) is 7.70. The van der Waals surface area contributed by atoms with E-state index in [4.69, 9.17) is 4.74 Å². The van der Waals surface area contributed by atoms with Crippen LogP contribution in [0.4, 0.5) is 0 Å². The van der Waals surface area contributed by atoms with Crippen molar-refractivity contribution in [3.8, 4) is 5.75 Å². The third kappa shape index (κ3) is 2.82. The smallest absolute Gasteiger partial charge is 0.172 e. The summed E-state index contributed by atoms with van der Waals surface area (Å²) in [4.78, 5) is 11.4. The van der Waals surface area contributed by atoms with Crippen LogP contribution in [0.15, 0.2) is 18.2 Å². The molecule has 0 aliphatic carbocycles. The molecule has 1 aromatic rings. The zero-order valence-corrected chi connectivity index (χ0v) is 9.83. The van der Waals surface area contributed by atoms with E-state index >= 15 is 0 Å². The highest BCUT2D eigenvalue weighted by Gasteiger charge is 2.13. The summed E-state index contributed by atoms with van der Waals surface area (Å²) < 4.78 is 5.63. The van der Waals surface area contributed by atoms with Crippen LogP contribution in [0.2, 0.25) is 0 Å². The molecule has 2 nitrogen and oxygen atoms in total. The van der Waals surface area contributed by atoms with Crippen molar-refractivity contribution < 1.29 is 9.53 Å². The zero-order chi connectivity index (χ0) is 11.4. The fourth-order valence-corrected chi connectivity index (χ4v) is 1.40. The van der Waals surface area contributed by atoms with Crippen LogP contribution in [0.5, 0.6) is 5.75 Å². The topological polar surface area (TPSA) is 26.3 Å². The number of ketones is 1. The Hall–Kier alpha value is -1.31. The quantitative estimate of drug-likeness (QED) is 0.756.